The summed E-state index contributed by atoms with van der Waals surface area (Å²) >= 11 is 1.77. The Balaban J connectivity index is 1.53. The molecule has 2 N–H and O–H groups in total. The average Bonchev–Trinajstić information content (AvgIpc) is 3.09. The Labute approximate surface area is 149 Å². The lowest BCUT2D eigenvalue weighted by molar-refractivity contribution is 0.0791. The number of rotatable bonds is 7. The summed E-state index contributed by atoms with van der Waals surface area (Å²) in [6.07, 6.45) is 2.78. The highest BCUT2D eigenvalue weighted by Gasteiger charge is 2.17. The Morgan fingerprint density at radius 1 is 1.21 bits per heavy atom. The maximum atomic E-state index is 9.66. The summed E-state index contributed by atoms with van der Waals surface area (Å²) in [6, 6.07) is 11.4. The molecular weight excluding hydrogens is 316 g/mol. The molecule has 1 aliphatic rings. The second-order valence-electron chi connectivity index (χ2n) is 6.89. The Kier molecular flexibility index (Phi) is 6.44. The molecule has 1 fully saturated rings. The van der Waals surface area contributed by atoms with E-state index in [1.165, 1.54) is 16.7 Å². The van der Waals surface area contributed by atoms with Crippen molar-refractivity contribution < 1.29 is 5.11 Å². The van der Waals surface area contributed by atoms with E-state index >= 15 is 0 Å². The molecule has 2 aromatic rings. The van der Waals surface area contributed by atoms with Gasteiger partial charge in [-0.25, -0.2) is 0 Å². The maximum Gasteiger partial charge on any atom is 0.0564 e. The standard InChI is InChI=1S/C20H28N2OS/c1-16(12-17-8-11-24-15-17)21-13-18-4-2-3-5-19(18)14-22-9-6-20(23)7-10-22/h2-5,8,11,15-16,20-21,23H,6-7,9-10,12-14H2,1H3/t16-/m1/s1. The zero-order valence-corrected chi connectivity index (χ0v) is 15.3. The van der Waals surface area contributed by atoms with Crippen molar-refractivity contribution >= 4 is 11.3 Å². The molecule has 1 aromatic heterocycles. The van der Waals surface area contributed by atoms with Crippen molar-refractivity contribution in [2.45, 2.75) is 51.4 Å². The lowest BCUT2D eigenvalue weighted by Crippen LogP contribution is -2.35. The monoisotopic (exact) mass is 344 g/mol. The smallest absolute Gasteiger partial charge is 0.0564 e. The summed E-state index contributed by atoms with van der Waals surface area (Å²) in [6.45, 7) is 6.16. The van der Waals surface area contributed by atoms with Crippen LogP contribution >= 0.6 is 11.3 Å². The van der Waals surface area contributed by atoms with Gasteiger partial charge in [-0.3, -0.25) is 4.90 Å². The molecule has 0 amide bonds. The Morgan fingerprint density at radius 3 is 2.67 bits per heavy atom. The van der Waals surface area contributed by atoms with Crippen LogP contribution in [0.4, 0.5) is 0 Å². The second-order valence-corrected chi connectivity index (χ2v) is 7.67. The first-order valence-corrected chi connectivity index (χ1v) is 9.86. The molecule has 3 nitrogen and oxygen atoms in total. The number of piperidine rings is 1. The van der Waals surface area contributed by atoms with E-state index in [2.05, 4.69) is 58.2 Å². The summed E-state index contributed by atoms with van der Waals surface area (Å²) < 4.78 is 0. The highest BCUT2D eigenvalue weighted by atomic mass is 32.1. The summed E-state index contributed by atoms with van der Waals surface area (Å²) in [5.41, 5.74) is 4.21. The third kappa shape index (κ3) is 5.15. The number of aliphatic hydroxyl groups excluding tert-OH is 1. The third-order valence-electron chi connectivity index (χ3n) is 4.83. The zero-order valence-electron chi connectivity index (χ0n) is 14.4. The van der Waals surface area contributed by atoms with Crippen molar-refractivity contribution in [3.8, 4) is 0 Å². The van der Waals surface area contributed by atoms with Crippen LogP contribution in [0.25, 0.3) is 0 Å². The van der Waals surface area contributed by atoms with E-state index in [9.17, 15) is 5.11 Å². The molecular formula is C20H28N2OS. The molecule has 0 radical (unpaired) electrons. The first-order valence-electron chi connectivity index (χ1n) is 8.92. The molecule has 1 aromatic carbocycles. The minimum Gasteiger partial charge on any atom is -0.393 e. The minimum atomic E-state index is -0.101. The van der Waals surface area contributed by atoms with Crippen molar-refractivity contribution in [1.29, 1.82) is 0 Å². The van der Waals surface area contributed by atoms with E-state index in [1.807, 2.05) is 0 Å². The van der Waals surface area contributed by atoms with Gasteiger partial charge in [0, 0.05) is 32.2 Å². The van der Waals surface area contributed by atoms with E-state index in [0.717, 1.165) is 45.4 Å². The van der Waals surface area contributed by atoms with Crippen LogP contribution in [0.1, 0.15) is 36.5 Å². The largest absolute Gasteiger partial charge is 0.393 e. The molecule has 1 aliphatic heterocycles. The van der Waals surface area contributed by atoms with Gasteiger partial charge in [0.25, 0.3) is 0 Å². The number of nitrogens with zero attached hydrogens (tertiary/aromatic N) is 1. The zero-order chi connectivity index (χ0) is 16.8. The molecule has 0 spiro atoms. The van der Waals surface area contributed by atoms with Crippen molar-refractivity contribution in [3.05, 3.63) is 57.8 Å². The summed E-state index contributed by atoms with van der Waals surface area (Å²) in [5, 5.41) is 17.7. The first kappa shape index (κ1) is 17.6. The molecule has 2 heterocycles. The number of hydrogen-bond acceptors (Lipinski definition) is 4. The number of aliphatic hydroxyl groups is 1. The van der Waals surface area contributed by atoms with E-state index in [-0.39, 0.29) is 6.10 Å². The van der Waals surface area contributed by atoms with Crippen molar-refractivity contribution in [1.82, 2.24) is 10.2 Å². The maximum absolute atomic E-state index is 9.66. The topological polar surface area (TPSA) is 35.5 Å². The number of hydrogen-bond donors (Lipinski definition) is 2. The third-order valence-corrected chi connectivity index (χ3v) is 5.56. The molecule has 3 rings (SSSR count). The number of benzene rings is 1. The van der Waals surface area contributed by atoms with Gasteiger partial charge in [-0.05, 0) is 59.7 Å². The predicted molar refractivity (Wildman–Crippen MR) is 101 cm³/mol. The Morgan fingerprint density at radius 2 is 1.96 bits per heavy atom. The molecule has 130 valence electrons. The number of nitrogens with one attached hydrogen (secondary N) is 1. The van der Waals surface area contributed by atoms with Gasteiger partial charge in [-0.2, -0.15) is 11.3 Å². The van der Waals surface area contributed by atoms with Gasteiger partial charge in [0.1, 0.15) is 0 Å². The fourth-order valence-corrected chi connectivity index (χ4v) is 4.00. The molecule has 0 unspecified atom stereocenters. The SMILES string of the molecule is C[C@H](Cc1ccsc1)NCc1ccccc1CN1CCC(O)CC1. The predicted octanol–water partition coefficient (Wildman–Crippen LogP) is 3.43. The number of thiophene rings is 1. The quantitative estimate of drug-likeness (QED) is 0.808. The molecule has 1 atom stereocenters. The van der Waals surface area contributed by atoms with Crippen molar-refractivity contribution in [2.75, 3.05) is 13.1 Å². The summed E-state index contributed by atoms with van der Waals surface area (Å²) in [4.78, 5) is 2.46. The Bertz CT molecular complexity index is 606. The molecule has 24 heavy (non-hydrogen) atoms. The highest BCUT2D eigenvalue weighted by Crippen LogP contribution is 2.17. The van der Waals surface area contributed by atoms with Gasteiger partial charge in [0.05, 0.1) is 6.10 Å². The fourth-order valence-electron chi connectivity index (χ4n) is 3.32. The first-order chi connectivity index (χ1) is 11.7. The van der Waals surface area contributed by atoms with Crippen LogP contribution in [0.15, 0.2) is 41.1 Å². The van der Waals surface area contributed by atoms with E-state index in [4.69, 9.17) is 0 Å². The minimum absolute atomic E-state index is 0.101. The van der Waals surface area contributed by atoms with Crippen LogP contribution in [0.5, 0.6) is 0 Å². The van der Waals surface area contributed by atoms with Crippen molar-refractivity contribution in [3.63, 3.8) is 0 Å². The number of likely N-dealkylation sites (tertiary alicyclic amines) is 1. The van der Waals surface area contributed by atoms with Crippen LogP contribution in [-0.4, -0.2) is 35.2 Å². The van der Waals surface area contributed by atoms with E-state index in [0.29, 0.717) is 6.04 Å². The van der Waals surface area contributed by atoms with Crippen LogP contribution < -0.4 is 5.32 Å². The normalized spacial score (nSPS) is 17.9. The van der Waals surface area contributed by atoms with Gasteiger partial charge in [-0.15, -0.1) is 0 Å². The average molecular weight is 345 g/mol. The van der Waals surface area contributed by atoms with Crippen LogP contribution in [0.2, 0.25) is 0 Å². The summed E-state index contributed by atoms with van der Waals surface area (Å²) in [7, 11) is 0. The lowest BCUT2D eigenvalue weighted by Gasteiger charge is -2.30. The van der Waals surface area contributed by atoms with E-state index in [1.54, 1.807) is 11.3 Å². The van der Waals surface area contributed by atoms with Gasteiger partial charge in [0.2, 0.25) is 0 Å². The lowest BCUT2D eigenvalue weighted by atomic mass is 10.0. The van der Waals surface area contributed by atoms with E-state index < -0.39 is 0 Å². The molecule has 0 aliphatic carbocycles. The Hall–Kier alpha value is -1.20. The second kappa shape index (κ2) is 8.77. The van der Waals surface area contributed by atoms with Gasteiger partial charge in [0.15, 0.2) is 0 Å². The van der Waals surface area contributed by atoms with Crippen LogP contribution in [0.3, 0.4) is 0 Å². The molecule has 0 saturated carbocycles. The van der Waals surface area contributed by atoms with Crippen molar-refractivity contribution in [2.24, 2.45) is 0 Å². The molecule has 1 saturated heterocycles. The molecule has 0 bridgehead atoms. The van der Waals surface area contributed by atoms with Gasteiger partial charge < -0.3 is 10.4 Å². The molecule has 4 heteroatoms. The highest BCUT2D eigenvalue weighted by molar-refractivity contribution is 7.07. The van der Waals surface area contributed by atoms with Crippen LogP contribution in [0, 0.1) is 0 Å². The fraction of sp³-hybridized carbons (Fsp3) is 0.500. The van der Waals surface area contributed by atoms with Crippen LogP contribution in [-0.2, 0) is 19.5 Å². The van der Waals surface area contributed by atoms with Gasteiger partial charge >= 0.3 is 0 Å². The van der Waals surface area contributed by atoms with Gasteiger partial charge in [-0.1, -0.05) is 24.3 Å². The summed E-state index contributed by atoms with van der Waals surface area (Å²) in [5.74, 6) is 0.